The molecule has 0 bridgehead atoms. The van der Waals surface area contributed by atoms with Gasteiger partial charge in [-0.15, -0.1) is 0 Å². The normalized spacial score (nSPS) is 17.8. The van der Waals surface area contributed by atoms with Crippen LogP contribution in [0.1, 0.15) is 46.5 Å². The predicted molar refractivity (Wildman–Crippen MR) is 110 cm³/mol. The lowest BCUT2D eigenvalue weighted by Crippen LogP contribution is -2.33. The number of amides is 1. The molecule has 4 rings (SSSR count). The van der Waals surface area contributed by atoms with Gasteiger partial charge in [0, 0.05) is 12.7 Å². The average Bonchev–Trinajstić information content (AvgIpc) is 3.26. The molecular weight excluding hydrogens is 348 g/mol. The van der Waals surface area contributed by atoms with Crippen molar-refractivity contribution in [3.05, 3.63) is 89.7 Å². The molecule has 1 aliphatic rings. The van der Waals surface area contributed by atoms with E-state index in [1.807, 2.05) is 53.3 Å². The lowest BCUT2D eigenvalue weighted by atomic mass is 9.98. The van der Waals surface area contributed by atoms with Gasteiger partial charge in [-0.05, 0) is 43.0 Å². The lowest BCUT2D eigenvalue weighted by molar-refractivity contribution is 0.0930. The molecule has 1 aromatic heterocycles. The third-order valence-electron chi connectivity index (χ3n) is 5.28. The van der Waals surface area contributed by atoms with Crippen molar-refractivity contribution in [2.75, 3.05) is 13.1 Å². The average molecular weight is 374 g/mol. The fraction of sp³-hybridized carbons (Fsp3) is 0.304. The highest BCUT2D eigenvalue weighted by Crippen LogP contribution is 2.20. The molecule has 2 N–H and O–H groups in total. The number of hydrogen-bond acceptors (Lipinski definition) is 3. The number of hydrogen-bond donors (Lipinski definition) is 2. The molecule has 28 heavy (non-hydrogen) atoms. The van der Waals surface area contributed by atoms with Gasteiger partial charge >= 0.3 is 0 Å². The molecule has 1 amide bonds. The van der Waals surface area contributed by atoms with Crippen LogP contribution >= 0.6 is 0 Å². The smallest absolute Gasteiger partial charge is 0.272 e. The standard InChI is InChI=1S/C23H26N4O/c28-23(21-13-15-27(26-21)20-12-7-14-24-17-20)25-22(19-10-5-2-6-11-19)16-18-8-3-1-4-9-18/h1-6,8-11,13,15,20,22,24H,7,12,14,16-17H2,(H,25,28). The molecule has 0 aliphatic carbocycles. The zero-order chi connectivity index (χ0) is 19.2. The summed E-state index contributed by atoms with van der Waals surface area (Å²) in [5.74, 6) is -0.132. The van der Waals surface area contributed by atoms with Crippen molar-refractivity contribution in [2.24, 2.45) is 0 Å². The molecule has 1 fully saturated rings. The summed E-state index contributed by atoms with van der Waals surface area (Å²) >= 11 is 0. The molecular formula is C23H26N4O. The Morgan fingerprint density at radius 1 is 1.11 bits per heavy atom. The van der Waals surface area contributed by atoms with Crippen LogP contribution < -0.4 is 10.6 Å². The molecule has 3 aromatic rings. The second-order valence-corrected chi connectivity index (χ2v) is 7.31. The molecule has 2 heterocycles. The number of carbonyl (C=O) groups excluding carboxylic acids is 1. The molecule has 5 nitrogen and oxygen atoms in total. The minimum Gasteiger partial charge on any atom is -0.344 e. The van der Waals surface area contributed by atoms with Gasteiger partial charge in [-0.3, -0.25) is 9.48 Å². The van der Waals surface area contributed by atoms with Gasteiger partial charge in [0.2, 0.25) is 0 Å². The predicted octanol–water partition coefficient (Wildman–Crippen LogP) is 3.52. The van der Waals surface area contributed by atoms with E-state index >= 15 is 0 Å². The molecule has 0 saturated carbocycles. The second-order valence-electron chi connectivity index (χ2n) is 7.31. The minimum atomic E-state index is -0.132. The van der Waals surface area contributed by atoms with Crippen molar-refractivity contribution in [1.29, 1.82) is 0 Å². The van der Waals surface area contributed by atoms with Crippen molar-refractivity contribution in [3.63, 3.8) is 0 Å². The molecule has 1 aliphatic heterocycles. The SMILES string of the molecule is O=C(NC(Cc1ccccc1)c1ccccc1)c1ccn(C2CCCNC2)n1. The fourth-order valence-corrected chi connectivity index (χ4v) is 3.74. The third kappa shape index (κ3) is 4.49. The topological polar surface area (TPSA) is 59.0 Å². The van der Waals surface area contributed by atoms with E-state index in [0.29, 0.717) is 11.7 Å². The Hall–Kier alpha value is -2.92. The van der Waals surface area contributed by atoms with E-state index in [-0.39, 0.29) is 11.9 Å². The Labute approximate surface area is 165 Å². The highest BCUT2D eigenvalue weighted by atomic mass is 16.2. The zero-order valence-electron chi connectivity index (χ0n) is 15.9. The summed E-state index contributed by atoms with van der Waals surface area (Å²) in [5, 5.41) is 11.1. The Morgan fingerprint density at radius 3 is 2.57 bits per heavy atom. The van der Waals surface area contributed by atoms with Crippen LogP contribution in [0.25, 0.3) is 0 Å². The Morgan fingerprint density at radius 2 is 1.86 bits per heavy atom. The van der Waals surface area contributed by atoms with Crippen LogP contribution in [0.2, 0.25) is 0 Å². The van der Waals surface area contributed by atoms with E-state index in [2.05, 4.69) is 40.0 Å². The van der Waals surface area contributed by atoms with Crippen molar-refractivity contribution in [3.8, 4) is 0 Å². The quantitative estimate of drug-likeness (QED) is 0.694. The monoisotopic (exact) mass is 374 g/mol. The number of piperidine rings is 1. The summed E-state index contributed by atoms with van der Waals surface area (Å²) in [6, 6.07) is 22.4. The van der Waals surface area contributed by atoms with Crippen molar-refractivity contribution >= 4 is 5.91 Å². The van der Waals surface area contributed by atoms with Crippen LogP contribution in [-0.2, 0) is 6.42 Å². The van der Waals surface area contributed by atoms with E-state index in [0.717, 1.165) is 37.9 Å². The van der Waals surface area contributed by atoms with Crippen molar-refractivity contribution in [2.45, 2.75) is 31.3 Å². The van der Waals surface area contributed by atoms with Gasteiger partial charge in [0.05, 0.1) is 12.1 Å². The minimum absolute atomic E-state index is 0.0994. The summed E-state index contributed by atoms with van der Waals surface area (Å²) < 4.78 is 1.93. The summed E-state index contributed by atoms with van der Waals surface area (Å²) in [7, 11) is 0. The van der Waals surface area contributed by atoms with E-state index in [1.165, 1.54) is 5.56 Å². The van der Waals surface area contributed by atoms with Crippen molar-refractivity contribution < 1.29 is 4.79 Å². The molecule has 1 saturated heterocycles. The van der Waals surface area contributed by atoms with E-state index in [4.69, 9.17) is 0 Å². The molecule has 2 aromatic carbocycles. The maximum absolute atomic E-state index is 12.9. The number of benzene rings is 2. The van der Waals surface area contributed by atoms with Crippen LogP contribution in [0.4, 0.5) is 0 Å². The van der Waals surface area contributed by atoms with Crippen LogP contribution in [0.15, 0.2) is 72.9 Å². The molecule has 0 spiro atoms. The zero-order valence-corrected chi connectivity index (χ0v) is 15.9. The maximum Gasteiger partial charge on any atom is 0.272 e. The highest BCUT2D eigenvalue weighted by Gasteiger charge is 2.20. The number of nitrogens with one attached hydrogen (secondary N) is 2. The lowest BCUT2D eigenvalue weighted by Gasteiger charge is -2.23. The first kappa shape index (κ1) is 18.4. The largest absolute Gasteiger partial charge is 0.344 e. The molecule has 0 radical (unpaired) electrons. The van der Waals surface area contributed by atoms with E-state index < -0.39 is 0 Å². The highest BCUT2D eigenvalue weighted by molar-refractivity contribution is 5.92. The van der Waals surface area contributed by atoms with Gasteiger partial charge in [-0.25, -0.2) is 0 Å². The van der Waals surface area contributed by atoms with Gasteiger partial charge in [-0.1, -0.05) is 60.7 Å². The Balaban J connectivity index is 1.50. The first-order chi connectivity index (χ1) is 13.8. The molecule has 5 heteroatoms. The van der Waals surface area contributed by atoms with Gasteiger partial charge in [-0.2, -0.15) is 5.10 Å². The third-order valence-corrected chi connectivity index (χ3v) is 5.28. The number of aromatic nitrogens is 2. The van der Waals surface area contributed by atoms with Crippen LogP contribution in [-0.4, -0.2) is 28.8 Å². The Bertz CT molecular complexity index is 885. The van der Waals surface area contributed by atoms with Gasteiger partial charge < -0.3 is 10.6 Å². The van der Waals surface area contributed by atoms with E-state index in [1.54, 1.807) is 0 Å². The van der Waals surface area contributed by atoms with Crippen LogP contribution in [0.3, 0.4) is 0 Å². The number of carbonyl (C=O) groups is 1. The van der Waals surface area contributed by atoms with Crippen LogP contribution in [0.5, 0.6) is 0 Å². The van der Waals surface area contributed by atoms with Crippen molar-refractivity contribution in [1.82, 2.24) is 20.4 Å². The summed E-state index contributed by atoms with van der Waals surface area (Å²) in [6.45, 7) is 1.97. The number of rotatable bonds is 6. The molecule has 2 unspecified atom stereocenters. The summed E-state index contributed by atoms with van der Waals surface area (Å²) in [4.78, 5) is 12.9. The fourth-order valence-electron chi connectivity index (χ4n) is 3.74. The first-order valence-electron chi connectivity index (χ1n) is 9.95. The van der Waals surface area contributed by atoms with Gasteiger partial charge in [0.15, 0.2) is 0 Å². The molecule has 144 valence electrons. The van der Waals surface area contributed by atoms with E-state index in [9.17, 15) is 4.79 Å². The van der Waals surface area contributed by atoms with Crippen LogP contribution in [0, 0.1) is 0 Å². The van der Waals surface area contributed by atoms with Gasteiger partial charge in [0.1, 0.15) is 5.69 Å². The summed E-state index contributed by atoms with van der Waals surface area (Å²) in [6.07, 6.45) is 4.89. The number of nitrogens with zero attached hydrogens (tertiary/aromatic N) is 2. The Kier molecular flexibility index (Phi) is 5.83. The first-order valence-corrected chi connectivity index (χ1v) is 9.95. The maximum atomic E-state index is 12.9. The van der Waals surface area contributed by atoms with Gasteiger partial charge in [0.25, 0.3) is 5.91 Å². The second kappa shape index (κ2) is 8.85. The summed E-state index contributed by atoms with van der Waals surface area (Å²) in [5.41, 5.74) is 2.76. The molecule has 2 atom stereocenters.